The minimum Gasteiger partial charge on any atom is -0.374 e. The molecule has 2 aliphatic rings. The van der Waals surface area contributed by atoms with Crippen molar-refractivity contribution in [3.63, 3.8) is 0 Å². The van der Waals surface area contributed by atoms with Crippen molar-refractivity contribution in [1.29, 1.82) is 0 Å². The van der Waals surface area contributed by atoms with Gasteiger partial charge in [-0.25, -0.2) is 0 Å². The number of hydrogen-bond donors (Lipinski definition) is 1. The van der Waals surface area contributed by atoms with E-state index in [0.717, 1.165) is 27.8 Å². The minimum atomic E-state index is -1.22. The molecule has 2 saturated heterocycles. The second-order valence-electron chi connectivity index (χ2n) is 13.5. The molecule has 7 rings (SSSR count). The molecule has 0 bridgehead atoms. The molecule has 54 heavy (non-hydrogen) atoms. The molecular weight excluding hydrogens is 684 g/mol. The van der Waals surface area contributed by atoms with Crippen LogP contribution in [-0.2, 0) is 70.9 Å². The quantitative estimate of drug-likeness (QED) is 0.0964. The third-order valence-electron chi connectivity index (χ3n) is 9.51. The summed E-state index contributed by atoms with van der Waals surface area (Å²) in [5.74, 6) is 0. The molecular formula is C45H48O9. The van der Waals surface area contributed by atoms with Crippen LogP contribution in [-0.4, -0.2) is 67.5 Å². The van der Waals surface area contributed by atoms with Crippen molar-refractivity contribution in [3.05, 3.63) is 179 Å². The number of rotatable bonds is 19. The van der Waals surface area contributed by atoms with E-state index in [2.05, 4.69) is 0 Å². The molecule has 2 fully saturated rings. The highest BCUT2D eigenvalue weighted by Crippen LogP contribution is 2.33. The Morgan fingerprint density at radius 2 is 0.722 bits per heavy atom. The first-order valence-electron chi connectivity index (χ1n) is 18.5. The minimum absolute atomic E-state index is 0.0422. The van der Waals surface area contributed by atoms with Crippen molar-refractivity contribution in [3.8, 4) is 0 Å². The predicted molar refractivity (Wildman–Crippen MR) is 202 cm³/mol. The SMILES string of the molecule is O[C@H]1O[C@H](CO[C@@H]2O[C@H](COCc3ccccc3)[C@@H](OCc3ccccc3)[C@@H]2OCc2ccccc2)[C@@H](OCc2ccccc2)[C@@H]1OCc1ccccc1. The van der Waals surface area contributed by atoms with Gasteiger partial charge in [0.1, 0.15) is 36.6 Å². The summed E-state index contributed by atoms with van der Waals surface area (Å²) in [6, 6.07) is 49.7. The lowest BCUT2D eigenvalue weighted by Crippen LogP contribution is -2.42. The Hall–Kier alpha value is -4.26. The predicted octanol–water partition coefficient (Wildman–Crippen LogP) is 7.00. The topological polar surface area (TPSA) is 94.1 Å². The lowest BCUT2D eigenvalue weighted by atomic mass is 10.1. The molecule has 5 aromatic rings. The largest absolute Gasteiger partial charge is 0.374 e. The van der Waals surface area contributed by atoms with Crippen LogP contribution in [0.25, 0.3) is 0 Å². The van der Waals surface area contributed by atoms with E-state index in [4.69, 9.17) is 37.9 Å². The Bertz CT molecular complexity index is 1760. The summed E-state index contributed by atoms with van der Waals surface area (Å²) in [7, 11) is 0. The second-order valence-corrected chi connectivity index (χ2v) is 13.5. The summed E-state index contributed by atoms with van der Waals surface area (Å²) in [6.07, 6.45) is -5.73. The van der Waals surface area contributed by atoms with Gasteiger partial charge < -0.3 is 43.0 Å². The Labute approximate surface area is 317 Å². The van der Waals surface area contributed by atoms with Gasteiger partial charge in [0, 0.05) is 0 Å². The molecule has 282 valence electrons. The number of aliphatic hydroxyl groups excluding tert-OH is 1. The third-order valence-corrected chi connectivity index (χ3v) is 9.51. The van der Waals surface area contributed by atoms with Crippen molar-refractivity contribution in [2.75, 3.05) is 13.2 Å². The number of aliphatic hydroxyl groups is 1. The average molecular weight is 733 g/mol. The Kier molecular flexibility index (Phi) is 14.0. The van der Waals surface area contributed by atoms with Gasteiger partial charge in [0.25, 0.3) is 0 Å². The lowest BCUT2D eigenvalue weighted by molar-refractivity contribution is -0.209. The van der Waals surface area contributed by atoms with E-state index in [0.29, 0.717) is 26.4 Å². The van der Waals surface area contributed by atoms with Crippen LogP contribution < -0.4 is 0 Å². The van der Waals surface area contributed by atoms with Crippen molar-refractivity contribution in [2.24, 2.45) is 0 Å². The summed E-state index contributed by atoms with van der Waals surface area (Å²) >= 11 is 0. The number of hydrogen-bond acceptors (Lipinski definition) is 9. The highest BCUT2D eigenvalue weighted by molar-refractivity contribution is 5.17. The summed E-state index contributed by atoms with van der Waals surface area (Å²) in [4.78, 5) is 0. The molecule has 5 aromatic carbocycles. The maximum absolute atomic E-state index is 11.1. The first kappa shape index (κ1) is 38.0. The van der Waals surface area contributed by atoms with E-state index < -0.39 is 49.2 Å². The first-order chi connectivity index (χ1) is 26.7. The van der Waals surface area contributed by atoms with Crippen molar-refractivity contribution < 1.29 is 43.0 Å². The molecule has 2 aliphatic heterocycles. The Morgan fingerprint density at radius 3 is 1.17 bits per heavy atom. The van der Waals surface area contributed by atoms with Gasteiger partial charge in [-0.05, 0) is 27.8 Å². The van der Waals surface area contributed by atoms with Gasteiger partial charge in [0.15, 0.2) is 12.6 Å². The summed E-state index contributed by atoms with van der Waals surface area (Å²) in [6.45, 7) is 2.01. The molecule has 2 heterocycles. The van der Waals surface area contributed by atoms with Crippen molar-refractivity contribution in [2.45, 2.75) is 82.2 Å². The van der Waals surface area contributed by atoms with Crippen LogP contribution >= 0.6 is 0 Å². The summed E-state index contributed by atoms with van der Waals surface area (Å²) < 4.78 is 51.3. The van der Waals surface area contributed by atoms with Gasteiger partial charge >= 0.3 is 0 Å². The third kappa shape index (κ3) is 10.7. The van der Waals surface area contributed by atoms with Crippen molar-refractivity contribution >= 4 is 0 Å². The van der Waals surface area contributed by atoms with Crippen LogP contribution in [0.15, 0.2) is 152 Å². The maximum atomic E-state index is 11.1. The van der Waals surface area contributed by atoms with Crippen LogP contribution in [0.2, 0.25) is 0 Å². The maximum Gasteiger partial charge on any atom is 0.187 e. The molecule has 1 N–H and O–H groups in total. The smallest absolute Gasteiger partial charge is 0.187 e. The molecule has 9 heteroatoms. The van der Waals surface area contributed by atoms with E-state index in [1.807, 2.05) is 152 Å². The second kappa shape index (κ2) is 19.9. The van der Waals surface area contributed by atoms with Crippen LogP contribution in [0.4, 0.5) is 0 Å². The van der Waals surface area contributed by atoms with E-state index in [1.165, 1.54) is 0 Å². The Morgan fingerprint density at radius 1 is 0.370 bits per heavy atom. The van der Waals surface area contributed by atoms with Crippen LogP contribution in [0.5, 0.6) is 0 Å². The highest BCUT2D eigenvalue weighted by Gasteiger charge is 2.50. The Balaban J connectivity index is 1.08. The van der Waals surface area contributed by atoms with E-state index in [-0.39, 0.29) is 19.8 Å². The number of ether oxygens (including phenoxy) is 8. The zero-order chi connectivity index (χ0) is 36.8. The molecule has 0 amide bonds. The molecule has 0 radical (unpaired) electrons. The molecule has 9 nitrogen and oxygen atoms in total. The van der Waals surface area contributed by atoms with Crippen LogP contribution in [0.1, 0.15) is 27.8 Å². The molecule has 0 saturated carbocycles. The van der Waals surface area contributed by atoms with Gasteiger partial charge in [-0.3, -0.25) is 0 Å². The van der Waals surface area contributed by atoms with Gasteiger partial charge in [0.05, 0.1) is 46.2 Å². The summed E-state index contributed by atoms with van der Waals surface area (Å²) in [5, 5.41) is 11.1. The fourth-order valence-corrected chi connectivity index (χ4v) is 6.68. The van der Waals surface area contributed by atoms with Crippen LogP contribution in [0.3, 0.4) is 0 Å². The van der Waals surface area contributed by atoms with E-state index >= 15 is 0 Å². The standard InChI is InChI=1S/C45H48O9/c46-44-42(50-29-36-22-12-4-13-23-36)40(48-27-34-18-8-2-9-19-34)39(53-44)32-52-45-43(51-30-37-24-14-5-15-25-37)41(49-28-35-20-10-3-11-21-35)38(54-45)31-47-26-33-16-6-1-7-17-33/h1-25,38-46H,26-32H2/t38-,39-,40-,41-,42+,43+,44+,45-/m1/s1. The van der Waals surface area contributed by atoms with Gasteiger partial charge in [0.2, 0.25) is 0 Å². The lowest BCUT2D eigenvalue weighted by Gasteiger charge is -2.27. The van der Waals surface area contributed by atoms with Crippen molar-refractivity contribution in [1.82, 2.24) is 0 Å². The highest BCUT2D eigenvalue weighted by atomic mass is 16.7. The van der Waals surface area contributed by atoms with E-state index in [9.17, 15) is 5.11 Å². The van der Waals surface area contributed by atoms with Crippen LogP contribution in [0, 0.1) is 0 Å². The molecule has 0 unspecified atom stereocenters. The zero-order valence-electron chi connectivity index (χ0n) is 30.2. The first-order valence-corrected chi connectivity index (χ1v) is 18.5. The van der Waals surface area contributed by atoms with Gasteiger partial charge in [-0.15, -0.1) is 0 Å². The average Bonchev–Trinajstić information content (AvgIpc) is 3.72. The monoisotopic (exact) mass is 732 g/mol. The molecule has 0 aliphatic carbocycles. The normalized spacial score (nSPS) is 25.2. The molecule has 0 spiro atoms. The molecule has 0 aromatic heterocycles. The zero-order valence-corrected chi connectivity index (χ0v) is 30.2. The fraction of sp³-hybridized carbons (Fsp3) is 0.333. The van der Waals surface area contributed by atoms with Gasteiger partial charge in [-0.1, -0.05) is 152 Å². The fourth-order valence-electron chi connectivity index (χ4n) is 6.68. The van der Waals surface area contributed by atoms with Gasteiger partial charge in [-0.2, -0.15) is 0 Å². The summed E-state index contributed by atoms with van der Waals surface area (Å²) in [5.41, 5.74) is 5.07. The number of benzene rings is 5. The molecule has 8 atom stereocenters. The van der Waals surface area contributed by atoms with E-state index in [1.54, 1.807) is 0 Å².